The van der Waals surface area contributed by atoms with E-state index in [0.717, 1.165) is 43.6 Å². The summed E-state index contributed by atoms with van der Waals surface area (Å²) in [7, 11) is 0. The SMILES string of the molecule is [C-]#[N+]c1cc(-n2c3ccccc3c3cc4c(cc32)C(C)(C)c2ccccc2-4)c(C#N)cc1-n1c2ccccc2c2cc3c(cc21)sc1ccccc13. The lowest BCUT2D eigenvalue weighted by molar-refractivity contribution is 0.661. The van der Waals surface area contributed by atoms with Gasteiger partial charge in [0.15, 0.2) is 0 Å². The molecule has 0 spiro atoms. The summed E-state index contributed by atoms with van der Waals surface area (Å²) in [6.45, 7) is 13.1. The molecule has 0 amide bonds. The Bertz CT molecular complexity index is 3300. The van der Waals surface area contributed by atoms with Crippen LogP contribution in [0.2, 0.25) is 0 Å². The third kappa shape index (κ3) is 3.68. The molecule has 1 aliphatic rings. The second kappa shape index (κ2) is 10.2. The Hall–Kier alpha value is -6.66. The zero-order chi connectivity index (χ0) is 34.9. The van der Waals surface area contributed by atoms with Gasteiger partial charge in [-0.15, -0.1) is 11.3 Å². The summed E-state index contributed by atoms with van der Waals surface area (Å²) in [4.78, 5) is 4.16. The van der Waals surface area contributed by atoms with Crippen molar-refractivity contribution in [3.63, 3.8) is 0 Å². The molecular formula is C47H28N4S. The van der Waals surface area contributed by atoms with Gasteiger partial charge < -0.3 is 9.13 Å². The minimum absolute atomic E-state index is 0.179. The van der Waals surface area contributed by atoms with E-state index >= 15 is 0 Å². The van der Waals surface area contributed by atoms with E-state index in [0.29, 0.717) is 22.6 Å². The zero-order valence-electron chi connectivity index (χ0n) is 28.4. The summed E-state index contributed by atoms with van der Waals surface area (Å²) in [5.41, 5.74) is 11.5. The van der Waals surface area contributed by atoms with Gasteiger partial charge in [-0.05, 0) is 76.9 Å². The van der Waals surface area contributed by atoms with Gasteiger partial charge in [0.25, 0.3) is 0 Å². The molecule has 0 atom stereocenters. The second-order valence-corrected chi connectivity index (χ2v) is 15.4. The van der Waals surface area contributed by atoms with Gasteiger partial charge in [-0.25, -0.2) is 4.85 Å². The Balaban J connectivity index is 1.21. The fourth-order valence-electron chi connectivity index (χ4n) is 8.98. The van der Waals surface area contributed by atoms with Crippen LogP contribution in [0.3, 0.4) is 0 Å². The maximum Gasteiger partial charge on any atom is 0.212 e. The van der Waals surface area contributed by atoms with Crippen molar-refractivity contribution >= 4 is 80.8 Å². The van der Waals surface area contributed by atoms with Crippen LogP contribution in [0.1, 0.15) is 30.5 Å². The van der Waals surface area contributed by atoms with Crippen LogP contribution in [0.15, 0.2) is 133 Å². The molecule has 5 heteroatoms. The van der Waals surface area contributed by atoms with E-state index in [1.807, 2.05) is 24.3 Å². The Labute approximate surface area is 303 Å². The first-order valence-electron chi connectivity index (χ1n) is 17.4. The number of aromatic nitrogens is 2. The van der Waals surface area contributed by atoms with Gasteiger partial charge in [-0.1, -0.05) is 92.7 Å². The number of nitriles is 1. The summed E-state index contributed by atoms with van der Waals surface area (Å²) in [6.07, 6.45) is 0. The molecular weight excluding hydrogens is 653 g/mol. The van der Waals surface area contributed by atoms with Gasteiger partial charge in [0.1, 0.15) is 6.07 Å². The molecule has 0 fully saturated rings. The molecule has 0 radical (unpaired) electrons. The molecule has 0 bridgehead atoms. The van der Waals surface area contributed by atoms with E-state index in [4.69, 9.17) is 6.57 Å². The zero-order valence-corrected chi connectivity index (χ0v) is 29.2. The molecule has 10 aromatic rings. The monoisotopic (exact) mass is 680 g/mol. The molecule has 4 nitrogen and oxygen atoms in total. The van der Waals surface area contributed by atoms with E-state index in [-0.39, 0.29) is 5.41 Å². The number of hydrogen-bond donors (Lipinski definition) is 0. The third-order valence-electron chi connectivity index (χ3n) is 11.4. The molecule has 52 heavy (non-hydrogen) atoms. The quantitative estimate of drug-likeness (QED) is 0.167. The summed E-state index contributed by atoms with van der Waals surface area (Å²) >= 11 is 1.79. The molecule has 0 saturated carbocycles. The maximum atomic E-state index is 10.9. The van der Waals surface area contributed by atoms with Gasteiger partial charge in [0.2, 0.25) is 5.69 Å². The van der Waals surface area contributed by atoms with Gasteiger partial charge >= 0.3 is 0 Å². The Morgan fingerprint density at radius 1 is 0.558 bits per heavy atom. The largest absolute Gasteiger partial charge is 0.319 e. The van der Waals surface area contributed by atoms with Crippen LogP contribution < -0.4 is 0 Å². The molecule has 0 unspecified atom stereocenters. The van der Waals surface area contributed by atoms with E-state index in [1.165, 1.54) is 42.4 Å². The Morgan fingerprint density at radius 3 is 1.94 bits per heavy atom. The van der Waals surface area contributed by atoms with E-state index < -0.39 is 0 Å². The van der Waals surface area contributed by atoms with Crippen molar-refractivity contribution in [2.45, 2.75) is 19.3 Å². The molecule has 3 aromatic heterocycles. The normalized spacial score (nSPS) is 13.3. The fraction of sp³-hybridized carbons (Fsp3) is 0.0638. The highest BCUT2D eigenvalue weighted by Crippen LogP contribution is 2.51. The van der Waals surface area contributed by atoms with Gasteiger partial charge in [0, 0.05) is 47.1 Å². The first-order chi connectivity index (χ1) is 25.5. The van der Waals surface area contributed by atoms with Crippen LogP contribution in [-0.4, -0.2) is 9.13 Å². The molecule has 7 aromatic carbocycles. The molecule has 242 valence electrons. The first kappa shape index (κ1) is 29.1. The predicted molar refractivity (Wildman–Crippen MR) is 217 cm³/mol. The fourth-order valence-corrected chi connectivity index (χ4v) is 10.1. The van der Waals surface area contributed by atoms with Crippen LogP contribution in [0.5, 0.6) is 0 Å². The van der Waals surface area contributed by atoms with E-state index in [9.17, 15) is 5.26 Å². The molecule has 0 N–H and O–H groups in total. The summed E-state index contributed by atoms with van der Waals surface area (Å²) in [5.74, 6) is 0. The average Bonchev–Trinajstić information content (AvgIpc) is 3.88. The van der Waals surface area contributed by atoms with E-state index in [1.54, 1.807) is 11.3 Å². The number of para-hydroxylation sites is 2. The third-order valence-corrected chi connectivity index (χ3v) is 12.5. The lowest BCUT2D eigenvalue weighted by Gasteiger charge is -2.22. The van der Waals surface area contributed by atoms with Crippen molar-refractivity contribution in [2.24, 2.45) is 0 Å². The summed E-state index contributed by atoms with van der Waals surface area (Å²) in [5, 5.41) is 17.9. The van der Waals surface area contributed by atoms with Crippen LogP contribution in [0.25, 0.3) is 91.1 Å². The number of hydrogen-bond acceptors (Lipinski definition) is 2. The molecule has 0 aliphatic heterocycles. The minimum atomic E-state index is -0.179. The number of nitrogens with zero attached hydrogens (tertiary/aromatic N) is 4. The van der Waals surface area contributed by atoms with Crippen molar-refractivity contribution in [1.29, 1.82) is 5.26 Å². The van der Waals surface area contributed by atoms with Crippen molar-refractivity contribution in [3.05, 3.63) is 162 Å². The second-order valence-electron chi connectivity index (χ2n) is 14.3. The lowest BCUT2D eigenvalue weighted by Crippen LogP contribution is -2.15. The van der Waals surface area contributed by atoms with Crippen molar-refractivity contribution in [3.8, 4) is 28.6 Å². The average molecular weight is 681 g/mol. The molecule has 3 heterocycles. The minimum Gasteiger partial charge on any atom is -0.319 e. The molecule has 1 aliphatic carbocycles. The van der Waals surface area contributed by atoms with Gasteiger partial charge in [-0.2, -0.15) is 5.26 Å². The van der Waals surface area contributed by atoms with Gasteiger partial charge in [-0.3, -0.25) is 0 Å². The van der Waals surface area contributed by atoms with Crippen molar-refractivity contribution < 1.29 is 0 Å². The number of thiophene rings is 1. The van der Waals surface area contributed by atoms with Crippen LogP contribution in [0, 0.1) is 17.9 Å². The van der Waals surface area contributed by atoms with Crippen LogP contribution in [-0.2, 0) is 5.41 Å². The number of benzene rings is 7. The Morgan fingerprint density at radius 2 is 1.19 bits per heavy atom. The Kier molecular flexibility index (Phi) is 5.71. The van der Waals surface area contributed by atoms with Crippen molar-refractivity contribution in [2.75, 3.05) is 0 Å². The standard InChI is InChI=1S/C47H28N4S/c1-47(2)36-16-8-4-12-28(36)32-21-33-29-13-5-9-17-39(29)50(42(33)23-37(32)47)41-24-38(49-3)44(20-27(41)26-48)51-40-18-10-6-14-30(40)34-22-35-31-15-7-11-19-45(31)52-46(35)25-43(34)51/h4-25H,1-2H3. The molecule has 0 saturated heterocycles. The smallest absolute Gasteiger partial charge is 0.212 e. The first-order valence-corrected chi connectivity index (χ1v) is 18.3. The predicted octanol–water partition coefficient (Wildman–Crippen LogP) is 13.0. The van der Waals surface area contributed by atoms with Crippen molar-refractivity contribution in [1.82, 2.24) is 9.13 Å². The summed E-state index contributed by atoms with van der Waals surface area (Å²) in [6, 6.07) is 49.7. The highest BCUT2D eigenvalue weighted by Gasteiger charge is 2.36. The summed E-state index contributed by atoms with van der Waals surface area (Å²) < 4.78 is 6.84. The highest BCUT2D eigenvalue weighted by molar-refractivity contribution is 7.25. The topological polar surface area (TPSA) is 38.0 Å². The maximum absolute atomic E-state index is 10.9. The number of rotatable bonds is 2. The van der Waals surface area contributed by atoms with E-state index in [2.05, 4.69) is 143 Å². The van der Waals surface area contributed by atoms with Crippen LogP contribution >= 0.6 is 11.3 Å². The van der Waals surface area contributed by atoms with Gasteiger partial charge in [0.05, 0.1) is 45.6 Å². The number of fused-ring (bicyclic) bond motifs is 12. The van der Waals surface area contributed by atoms with Crippen LogP contribution in [0.4, 0.5) is 5.69 Å². The highest BCUT2D eigenvalue weighted by atomic mass is 32.1. The molecule has 11 rings (SSSR count). The lowest BCUT2D eigenvalue weighted by atomic mass is 9.82.